The second-order valence-corrected chi connectivity index (χ2v) is 5.26. The number of nitrogens with one attached hydrogen (secondary N) is 2. The summed E-state index contributed by atoms with van der Waals surface area (Å²) in [6, 6.07) is 4.40. The molecule has 0 spiro atoms. The minimum absolute atomic E-state index is 0.0218. The van der Waals surface area contributed by atoms with Gasteiger partial charge in [0.2, 0.25) is 0 Å². The Kier molecular flexibility index (Phi) is 7.43. The first-order valence-corrected chi connectivity index (χ1v) is 7.29. The molecule has 24 heavy (non-hydrogen) atoms. The lowest BCUT2D eigenvalue weighted by atomic mass is 10.0. The molecule has 0 aliphatic carbocycles. The van der Waals surface area contributed by atoms with Crippen LogP contribution in [0.25, 0.3) is 0 Å². The summed E-state index contributed by atoms with van der Waals surface area (Å²) in [7, 11) is 0. The highest BCUT2D eigenvalue weighted by atomic mass is 19.1. The van der Waals surface area contributed by atoms with Crippen LogP contribution in [0.2, 0.25) is 0 Å². The summed E-state index contributed by atoms with van der Waals surface area (Å²) in [5, 5.41) is 4.76. The Morgan fingerprint density at radius 2 is 1.96 bits per heavy atom. The molecule has 0 aliphatic heterocycles. The molecular weight excluding hydrogens is 315 g/mol. The van der Waals surface area contributed by atoms with E-state index >= 15 is 0 Å². The van der Waals surface area contributed by atoms with E-state index in [1.807, 2.05) is 0 Å². The van der Waals surface area contributed by atoms with Crippen LogP contribution in [-0.4, -0.2) is 37.0 Å². The predicted molar refractivity (Wildman–Crippen MR) is 85.3 cm³/mol. The maximum Gasteiger partial charge on any atom is 0.329 e. The molecule has 0 unspecified atom stereocenters. The van der Waals surface area contributed by atoms with Gasteiger partial charge in [0.15, 0.2) is 6.61 Å². The van der Waals surface area contributed by atoms with Crippen LogP contribution >= 0.6 is 0 Å². The standard InChI is InChI=1S/C17H19FN2O4/c1-4-9-19-14(21)10-24-17(23)15(11(2)3)20-16(22)12-7-5-6-8-13(12)18/h1,5-8,11,15H,9-10H2,2-3H3,(H,19,21)(H,20,22)/t15-/m0/s1. The Labute approximate surface area is 139 Å². The van der Waals surface area contributed by atoms with Crippen molar-refractivity contribution < 1.29 is 23.5 Å². The second-order valence-electron chi connectivity index (χ2n) is 5.26. The molecule has 0 aromatic heterocycles. The Bertz CT molecular complexity index is 652. The van der Waals surface area contributed by atoms with Crippen molar-refractivity contribution in [1.29, 1.82) is 0 Å². The van der Waals surface area contributed by atoms with E-state index < -0.39 is 36.2 Å². The quantitative estimate of drug-likeness (QED) is 0.572. The van der Waals surface area contributed by atoms with Gasteiger partial charge in [-0.05, 0) is 18.1 Å². The van der Waals surface area contributed by atoms with Crippen LogP contribution in [0, 0.1) is 24.1 Å². The molecule has 1 atom stereocenters. The van der Waals surface area contributed by atoms with Crippen LogP contribution in [0.3, 0.4) is 0 Å². The van der Waals surface area contributed by atoms with Crippen molar-refractivity contribution >= 4 is 17.8 Å². The molecule has 0 saturated carbocycles. The van der Waals surface area contributed by atoms with Crippen LogP contribution in [0.15, 0.2) is 24.3 Å². The highest BCUT2D eigenvalue weighted by molar-refractivity contribution is 5.97. The van der Waals surface area contributed by atoms with E-state index in [1.165, 1.54) is 18.2 Å². The van der Waals surface area contributed by atoms with E-state index in [4.69, 9.17) is 11.2 Å². The van der Waals surface area contributed by atoms with Crippen LogP contribution in [0.4, 0.5) is 4.39 Å². The minimum atomic E-state index is -1.02. The summed E-state index contributed by atoms with van der Waals surface area (Å²) in [5.74, 6) is -0.874. The van der Waals surface area contributed by atoms with Crippen molar-refractivity contribution in [2.24, 2.45) is 5.92 Å². The van der Waals surface area contributed by atoms with Gasteiger partial charge in [0, 0.05) is 0 Å². The Hall–Kier alpha value is -2.88. The highest BCUT2D eigenvalue weighted by Crippen LogP contribution is 2.09. The summed E-state index contributed by atoms with van der Waals surface area (Å²) >= 11 is 0. The number of carbonyl (C=O) groups is 3. The van der Waals surface area contributed by atoms with Gasteiger partial charge in [-0.25, -0.2) is 9.18 Å². The smallest absolute Gasteiger partial charge is 0.329 e. The number of esters is 1. The van der Waals surface area contributed by atoms with Crippen LogP contribution in [-0.2, 0) is 14.3 Å². The summed E-state index contributed by atoms with van der Waals surface area (Å²) in [6.45, 7) is 2.88. The Morgan fingerprint density at radius 1 is 1.29 bits per heavy atom. The third-order valence-electron chi connectivity index (χ3n) is 3.06. The summed E-state index contributed by atoms with van der Waals surface area (Å²) in [6.07, 6.45) is 4.99. The van der Waals surface area contributed by atoms with E-state index in [-0.39, 0.29) is 18.0 Å². The van der Waals surface area contributed by atoms with Gasteiger partial charge in [0.05, 0.1) is 12.1 Å². The Morgan fingerprint density at radius 3 is 2.54 bits per heavy atom. The first-order valence-electron chi connectivity index (χ1n) is 7.29. The number of hydrogen-bond donors (Lipinski definition) is 2. The molecule has 7 heteroatoms. The average molecular weight is 334 g/mol. The predicted octanol–water partition coefficient (Wildman–Crippen LogP) is 0.873. The van der Waals surface area contributed by atoms with Crippen LogP contribution in [0.1, 0.15) is 24.2 Å². The minimum Gasteiger partial charge on any atom is -0.454 e. The monoisotopic (exact) mass is 334 g/mol. The van der Waals surface area contributed by atoms with Gasteiger partial charge in [-0.2, -0.15) is 0 Å². The molecule has 2 amide bonds. The molecule has 128 valence electrons. The molecule has 2 N–H and O–H groups in total. The van der Waals surface area contributed by atoms with Crippen molar-refractivity contribution in [3.8, 4) is 12.3 Å². The third kappa shape index (κ3) is 5.72. The largest absolute Gasteiger partial charge is 0.454 e. The number of amides is 2. The number of hydrogen-bond acceptors (Lipinski definition) is 4. The maximum absolute atomic E-state index is 13.6. The second kappa shape index (κ2) is 9.30. The van der Waals surface area contributed by atoms with Gasteiger partial charge < -0.3 is 15.4 Å². The fraction of sp³-hybridized carbons (Fsp3) is 0.353. The van der Waals surface area contributed by atoms with Crippen molar-refractivity contribution in [3.63, 3.8) is 0 Å². The van der Waals surface area contributed by atoms with Crippen molar-refractivity contribution in [3.05, 3.63) is 35.6 Å². The normalized spacial score (nSPS) is 11.3. The van der Waals surface area contributed by atoms with Crippen LogP contribution < -0.4 is 10.6 Å². The number of benzene rings is 1. The van der Waals surface area contributed by atoms with Gasteiger partial charge >= 0.3 is 5.97 Å². The zero-order valence-corrected chi connectivity index (χ0v) is 13.5. The molecule has 0 heterocycles. The van der Waals surface area contributed by atoms with Crippen molar-refractivity contribution in [1.82, 2.24) is 10.6 Å². The molecular formula is C17H19FN2O4. The zero-order chi connectivity index (χ0) is 18.1. The first-order chi connectivity index (χ1) is 11.4. The van der Waals surface area contributed by atoms with E-state index in [9.17, 15) is 18.8 Å². The number of rotatable bonds is 7. The molecule has 0 bridgehead atoms. The van der Waals surface area contributed by atoms with Crippen molar-refractivity contribution in [2.75, 3.05) is 13.2 Å². The van der Waals surface area contributed by atoms with Gasteiger partial charge in [-0.15, -0.1) is 6.42 Å². The van der Waals surface area contributed by atoms with Gasteiger partial charge in [0.25, 0.3) is 11.8 Å². The summed E-state index contributed by atoms with van der Waals surface area (Å²) in [4.78, 5) is 35.5. The lowest BCUT2D eigenvalue weighted by molar-refractivity contribution is -0.151. The van der Waals surface area contributed by atoms with E-state index in [0.717, 1.165) is 6.07 Å². The topological polar surface area (TPSA) is 84.5 Å². The molecule has 1 aromatic rings. The van der Waals surface area contributed by atoms with E-state index in [2.05, 4.69) is 16.6 Å². The van der Waals surface area contributed by atoms with Gasteiger partial charge in [-0.3, -0.25) is 9.59 Å². The molecule has 6 nitrogen and oxygen atoms in total. The fourth-order valence-corrected chi connectivity index (χ4v) is 1.79. The molecule has 0 saturated heterocycles. The Balaban J connectivity index is 2.68. The first kappa shape index (κ1) is 19.2. The summed E-state index contributed by atoms with van der Waals surface area (Å²) < 4.78 is 18.5. The SMILES string of the molecule is C#CCNC(=O)COC(=O)[C@@H](NC(=O)c1ccccc1F)C(C)C. The van der Waals surface area contributed by atoms with Gasteiger partial charge in [-0.1, -0.05) is 31.9 Å². The van der Waals surface area contributed by atoms with Gasteiger partial charge in [0.1, 0.15) is 11.9 Å². The molecule has 1 aromatic carbocycles. The highest BCUT2D eigenvalue weighted by Gasteiger charge is 2.27. The fourth-order valence-electron chi connectivity index (χ4n) is 1.79. The molecule has 0 aliphatic rings. The zero-order valence-electron chi connectivity index (χ0n) is 13.5. The number of ether oxygens (including phenoxy) is 1. The van der Waals surface area contributed by atoms with E-state index in [0.29, 0.717) is 0 Å². The van der Waals surface area contributed by atoms with Crippen molar-refractivity contribution in [2.45, 2.75) is 19.9 Å². The summed E-state index contributed by atoms with van der Waals surface area (Å²) in [5.41, 5.74) is -0.178. The maximum atomic E-state index is 13.6. The number of terminal acetylenes is 1. The number of halogens is 1. The third-order valence-corrected chi connectivity index (χ3v) is 3.06. The molecule has 0 radical (unpaired) electrons. The molecule has 0 fully saturated rings. The lowest BCUT2D eigenvalue weighted by Crippen LogP contribution is -2.46. The number of carbonyl (C=O) groups excluding carboxylic acids is 3. The van der Waals surface area contributed by atoms with Crippen LogP contribution in [0.5, 0.6) is 0 Å². The molecule has 1 rings (SSSR count). The lowest BCUT2D eigenvalue weighted by Gasteiger charge is -2.20. The van der Waals surface area contributed by atoms with E-state index in [1.54, 1.807) is 13.8 Å². The average Bonchev–Trinajstić information content (AvgIpc) is 2.55.